The molecule has 14 heavy (non-hydrogen) atoms. The maximum Gasteiger partial charge on any atom is 0.407 e. The lowest BCUT2D eigenvalue weighted by Gasteiger charge is -2.08. The molecule has 0 saturated carbocycles. The van der Waals surface area contributed by atoms with Crippen molar-refractivity contribution in [3.05, 3.63) is 18.0 Å². The number of nitrogens with zero attached hydrogens (tertiary/aromatic N) is 2. The second-order valence-corrected chi connectivity index (χ2v) is 3.33. The van der Waals surface area contributed by atoms with Gasteiger partial charge in [0.25, 0.3) is 0 Å². The summed E-state index contributed by atoms with van der Waals surface area (Å²) in [5.74, 6) is 0. The van der Waals surface area contributed by atoms with Gasteiger partial charge in [-0.1, -0.05) is 0 Å². The highest BCUT2D eigenvalue weighted by Crippen LogP contribution is 1.96. The maximum atomic E-state index is 11.1. The van der Waals surface area contributed by atoms with E-state index in [-0.39, 0.29) is 6.10 Å². The van der Waals surface area contributed by atoms with Gasteiger partial charge in [0, 0.05) is 25.4 Å². The van der Waals surface area contributed by atoms with Crippen molar-refractivity contribution in [2.75, 3.05) is 0 Å². The summed E-state index contributed by atoms with van der Waals surface area (Å²) in [5, 5.41) is 6.61. The predicted molar refractivity (Wildman–Crippen MR) is 51.7 cm³/mol. The van der Waals surface area contributed by atoms with E-state index in [1.165, 1.54) is 0 Å². The highest BCUT2D eigenvalue weighted by molar-refractivity contribution is 5.67. The number of aromatic nitrogens is 2. The zero-order valence-corrected chi connectivity index (χ0v) is 8.65. The van der Waals surface area contributed by atoms with Crippen LogP contribution in [-0.2, 0) is 18.3 Å². The molecule has 0 saturated heterocycles. The van der Waals surface area contributed by atoms with Gasteiger partial charge in [-0.15, -0.1) is 0 Å². The van der Waals surface area contributed by atoms with Gasteiger partial charge in [-0.3, -0.25) is 4.68 Å². The third-order valence-electron chi connectivity index (χ3n) is 1.54. The van der Waals surface area contributed by atoms with Crippen LogP contribution in [0.5, 0.6) is 0 Å². The van der Waals surface area contributed by atoms with Gasteiger partial charge >= 0.3 is 6.09 Å². The van der Waals surface area contributed by atoms with Crippen LogP contribution >= 0.6 is 0 Å². The number of ether oxygens (including phenoxy) is 1. The van der Waals surface area contributed by atoms with Crippen molar-refractivity contribution in [2.45, 2.75) is 26.5 Å². The summed E-state index contributed by atoms with van der Waals surface area (Å²) < 4.78 is 6.59. The molecular formula is C9H15N3O2. The Balaban J connectivity index is 2.30. The quantitative estimate of drug-likeness (QED) is 0.788. The van der Waals surface area contributed by atoms with E-state index in [0.717, 1.165) is 5.56 Å². The van der Waals surface area contributed by atoms with E-state index in [1.807, 2.05) is 27.1 Å². The number of hydrogen-bond acceptors (Lipinski definition) is 3. The topological polar surface area (TPSA) is 56.1 Å². The molecule has 1 N–H and O–H groups in total. The molecule has 0 bridgehead atoms. The van der Waals surface area contributed by atoms with Gasteiger partial charge in [-0.25, -0.2) is 4.79 Å². The van der Waals surface area contributed by atoms with Crippen molar-refractivity contribution in [3.8, 4) is 0 Å². The molecule has 1 aromatic heterocycles. The van der Waals surface area contributed by atoms with Crippen LogP contribution in [0.15, 0.2) is 12.4 Å². The molecule has 1 amide bonds. The number of carbonyl (C=O) groups excluding carboxylic acids is 1. The monoisotopic (exact) mass is 197 g/mol. The number of rotatable bonds is 3. The van der Waals surface area contributed by atoms with E-state index in [0.29, 0.717) is 6.54 Å². The van der Waals surface area contributed by atoms with Crippen LogP contribution in [0.2, 0.25) is 0 Å². The van der Waals surface area contributed by atoms with Gasteiger partial charge in [0.05, 0.1) is 12.3 Å². The Morgan fingerprint density at radius 1 is 1.71 bits per heavy atom. The van der Waals surface area contributed by atoms with Crippen molar-refractivity contribution < 1.29 is 9.53 Å². The predicted octanol–water partition coefficient (Wildman–Crippen LogP) is 1.05. The molecule has 0 spiro atoms. The lowest BCUT2D eigenvalue weighted by atomic mass is 10.4. The molecule has 0 aliphatic rings. The molecule has 5 nitrogen and oxygen atoms in total. The maximum absolute atomic E-state index is 11.1. The Morgan fingerprint density at radius 3 is 2.93 bits per heavy atom. The van der Waals surface area contributed by atoms with Crippen LogP contribution in [0, 0.1) is 0 Å². The smallest absolute Gasteiger partial charge is 0.407 e. The average Bonchev–Trinajstić information content (AvgIpc) is 2.47. The van der Waals surface area contributed by atoms with Gasteiger partial charge in [-0.2, -0.15) is 5.10 Å². The molecule has 5 heteroatoms. The van der Waals surface area contributed by atoms with Crippen LogP contribution < -0.4 is 5.32 Å². The third-order valence-corrected chi connectivity index (χ3v) is 1.54. The molecule has 0 aliphatic heterocycles. The summed E-state index contributed by atoms with van der Waals surface area (Å²) in [5.41, 5.74) is 0.952. The molecule has 78 valence electrons. The van der Waals surface area contributed by atoms with Crippen LogP contribution in [0.1, 0.15) is 19.4 Å². The number of carbonyl (C=O) groups is 1. The molecule has 0 unspecified atom stereocenters. The minimum absolute atomic E-state index is 0.0936. The first-order chi connectivity index (χ1) is 6.58. The van der Waals surface area contributed by atoms with Crippen LogP contribution in [0.25, 0.3) is 0 Å². The number of nitrogens with one attached hydrogen (secondary N) is 1. The van der Waals surface area contributed by atoms with Crippen molar-refractivity contribution in [1.29, 1.82) is 0 Å². The molecule has 0 aliphatic carbocycles. The standard InChI is InChI=1S/C9H15N3O2/c1-7(2)14-9(13)10-4-8-5-11-12(3)6-8/h5-7H,4H2,1-3H3,(H,10,13). The van der Waals surface area contributed by atoms with Crippen molar-refractivity contribution in [3.63, 3.8) is 0 Å². The van der Waals surface area contributed by atoms with Crippen LogP contribution in [0.3, 0.4) is 0 Å². The minimum Gasteiger partial charge on any atom is -0.447 e. The number of hydrogen-bond donors (Lipinski definition) is 1. The van der Waals surface area contributed by atoms with Gasteiger partial charge in [0.1, 0.15) is 0 Å². The molecule has 1 aromatic rings. The summed E-state index contributed by atoms with van der Waals surface area (Å²) >= 11 is 0. The molecule has 1 heterocycles. The fraction of sp³-hybridized carbons (Fsp3) is 0.556. The number of amides is 1. The van der Waals surface area contributed by atoms with E-state index in [1.54, 1.807) is 10.9 Å². The molecule has 0 fully saturated rings. The van der Waals surface area contributed by atoms with E-state index in [4.69, 9.17) is 4.74 Å². The Bertz CT molecular complexity index is 307. The van der Waals surface area contributed by atoms with E-state index >= 15 is 0 Å². The zero-order valence-electron chi connectivity index (χ0n) is 8.65. The fourth-order valence-corrected chi connectivity index (χ4v) is 0.993. The second-order valence-electron chi connectivity index (χ2n) is 3.33. The van der Waals surface area contributed by atoms with E-state index < -0.39 is 6.09 Å². The van der Waals surface area contributed by atoms with Crippen molar-refractivity contribution in [1.82, 2.24) is 15.1 Å². The number of aryl methyl sites for hydroxylation is 1. The summed E-state index contributed by atoms with van der Waals surface area (Å²) in [6.45, 7) is 4.06. The Hall–Kier alpha value is -1.52. The summed E-state index contributed by atoms with van der Waals surface area (Å²) in [6.07, 6.45) is 3.05. The highest BCUT2D eigenvalue weighted by Gasteiger charge is 2.04. The first kappa shape index (κ1) is 10.6. The van der Waals surface area contributed by atoms with E-state index in [2.05, 4.69) is 10.4 Å². The normalized spacial score (nSPS) is 10.3. The van der Waals surface area contributed by atoms with Gasteiger partial charge in [0.2, 0.25) is 0 Å². The average molecular weight is 197 g/mol. The van der Waals surface area contributed by atoms with Crippen LogP contribution in [0.4, 0.5) is 4.79 Å². The summed E-state index contributed by atoms with van der Waals surface area (Å²) in [4.78, 5) is 11.1. The van der Waals surface area contributed by atoms with Gasteiger partial charge in [0.15, 0.2) is 0 Å². The lowest BCUT2D eigenvalue weighted by Crippen LogP contribution is -2.26. The fourth-order valence-electron chi connectivity index (χ4n) is 0.993. The first-order valence-electron chi connectivity index (χ1n) is 4.50. The lowest BCUT2D eigenvalue weighted by molar-refractivity contribution is 0.115. The molecule has 0 aromatic carbocycles. The summed E-state index contributed by atoms with van der Waals surface area (Å²) in [7, 11) is 1.83. The van der Waals surface area contributed by atoms with Crippen molar-refractivity contribution >= 4 is 6.09 Å². The van der Waals surface area contributed by atoms with Crippen molar-refractivity contribution in [2.24, 2.45) is 7.05 Å². The Morgan fingerprint density at radius 2 is 2.43 bits per heavy atom. The van der Waals surface area contributed by atoms with Crippen LogP contribution in [-0.4, -0.2) is 22.0 Å². The molecule has 0 atom stereocenters. The van der Waals surface area contributed by atoms with Gasteiger partial charge in [-0.05, 0) is 13.8 Å². The molecular weight excluding hydrogens is 182 g/mol. The van der Waals surface area contributed by atoms with E-state index in [9.17, 15) is 4.79 Å². The zero-order chi connectivity index (χ0) is 10.6. The highest BCUT2D eigenvalue weighted by atomic mass is 16.6. The molecule has 0 radical (unpaired) electrons. The Labute approximate surface area is 83.1 Å². The number of alkyl carbamates (subject to hydrolysis) is 1. The third kappa shape index (κ3) is 3.47. The van der Waals surface area contributed by atoms with Gasteiger partial charge < -0.3 is 10.1 Å². The second kappa shape index (κ2) is 4.64. The Kier molecular flexibility index (Phi) is 3.50. The largest absolute Gasteiger partial charge is 0.447 e. The summed E-state index contributed by atoms with van der Waals surface area (Å²) in [6, 6.07) is 0. The molecule has 1 rings (SSSR count). The SMILES string of the molecule is CC(C)OC(=O)NCc1cnn(C)c1. The first-order valence-corrected chi connectivity index (χ1v) is 4.50. The minimum atomic E-state index is -0.399.